The third kappa shape index (κ3) is 3.56. The zero-order valence-electron chi connectivity index (χ0n) is 7.14. The molecule has 1 aromatic heterocycles. The second-order valence-corrected chi connectivity index (χ2v) is 5.19. The summed E-state index contributed by atoms with van der Waals surface area (Å²) in [5, 5.41) is 0. The smallest absolute Gasteiger partial charge is 0.236 e. The van der Waals surface area contributed by atoms with Gasteiger partial charge in [-0.15, -0.1) is 0 Å². The summed E-state index contributed by atoms with van der Waals surface area (Å²) < 4.78 is 25.3. The van der Waals surface area contributed by atoms with Crippen LogP contribution in [-0.2, 0) is 10.0 Å². The van der Waals surface area contributed by atoms with E-state index in [9.17, 15) is 8.42 Å². The molecular weight excluding hydrogens is 272 g/mol. The van der Waals surface area contributed by atoms with Crippen LogP contribution in [0.2, 0.25) is 0 Å². The van der Waals surface area contributed by atoms with Crippen molar-refractivity contribution in [3.63, 3.8) is 0 Å². The van der Waals surface area contributed by atoms with Crippen molar-refractivity contribution in [2.24, 2.45) is 5.73 Å². The van der Waals surface area contributed by atoms with Gasteiger partial charge in [-0.2, -0.15) is 0 Å². The second-order valence-electron chi connectivity index (χ2n) is 2.43. The van der Waals surface area contributed by atoms with Crippen molar-refractivity contribution in [2.45, 2.75) is 0 Å². The maximum absolute atomic E-state index is 11.2. The molecule has 0 bridgehead atoms. The van der Waals surface area contributed by atoms with E-state index in [-0.39, 0.29) is 18.2 Å². The summed E-state index contributed by atoms with van der Waals surface area (Å²) in [6, 6.07) is 0. The number of sulfonamides is 1. The maximum Gasteiger partial charge on any atom is 0.236 e. The summed E-state index contributed by atoms with van der Waals surface area (Å²) in [5.74, 6) is -0.103. The van der Waals surface area contributed by atoms with Gasteiger partial charge < -0.3 is 5.73 Å². The zero-order valence-corrected chi connectivity index (χ0v) is 9.55. The molecule has 14 heavy (non-hydrogen) atoms. The Morgan fingerprint density at radius 2 is 2.00 bits per heavy atom. The van der Waals surface area contributed by atoms with Crippen molar-refractivity contribution in [3.8, 4) is 0 Å². The number of rotatable bonds is 4. The van der Waals surface area contributed by atoms with Gasteiger partial charge in [0, 0.05) is 18.9 Å². The van der Waals surface area contributed by atoms with Crippen LogP contribution < -0.4 is 10.5 Å². The molecule has 0 unspecified atom stereocenters. The Kier molecular flexibility index (Phi) is 3.78. The second kappa shape index (κ2) is 4.67. The molecular formula is C6H9BrN4O2S. The number of hydrogen-bond donors (Lipinski definition) is 2. The number of nitrogens with zero attached hydrogens (tertiary/aromatic N) is 2. The third-order valence-electron chi connectivity index (χ3n) is 1.25. The molecule has 0 aromatic carbocycles. The highest BCUT2D eigenvalue weighted by molar-refractivity contribution is 9.10. The van der Waals surface area contributed by atoms with Crippen LogP contribution in [0.1, 0.15) is 0 Å². The van der Waals surface area contributed by atoms with E-state index in [4.69, 9.17) is 5.73 Å². The van der Waals surface area contributed by atoms with Crippen LogP contribution in [-0.4, -0.2) is 30.7 Å². The van der Waals surface area contributed by atoms with Crippen LogP contribution in [0.3, 0.4) is 0 Å². The van der Waals surface area contributed by atoms with Crippen LogP contribution in [0.15, 0.2) is 16.9 Å². The minimum atomic E-state index is -3.41. The predicted octanol–water partition coefficient (Wildman–Crippen LogP) is -0.0605. The Labute approximate surface area is 90.1 Å². The molecule has 0 radical (unpaired) electrons. The molecule has 8 heteroatoms. The van der Waals surface area contributed by atoms with Gasteiger partial charge in [0.05, 0.1) is 10.2 Å². The molecule has 1 aromatic rings. The largest absolute Gasteiger partial charge is 0.329 e. The van der Waals surface area contributed by atoms with Crippen LogP contribution in [0.25, 0.3) is 0 Å². The molecule has 0 saturated carbocycles. The topological polar surface area (TPSA) is 98.0 Å². The first kappa shape index (κ1) is 11.3. The first-order valence-electron chi connectivity index (χ1n) is 3.71. The fourth-order valence-electron chi connectivity index (χ4n) is 0.710. The fourth-order valence-corrected chi connectivity index (χ4v) is 1.71. The Balaban J connectivity index is 2.74. The quantitative estimate of drug-likeness (QED) is 0.805. The first-order chi connectivity index (χ1) is 6.53. The number of hydrogen-bond acceptors (Lipinski definition) is 5. The van der Waals surface area contributed by atoms with E-state index in [1.165, 1.54) is 12.4 Å². The molecule has 6 nitrogen and oxygen atoms in total. The van der Waals surface area contributed by atoms with Crippen LogP contribution in [0.4, 0.5) is 5.95 Å². The van der Waals surface area contributed by atoms with Gasteiger partial charge in [0.15, 0.2) is 0 Å². The lowest BCUT2D eigenvalue weighted by Gasteiger charge is -2.03. The lowest BCUT2D eigenvalue weighted by molar-refractivity contribution is 0.600. The number of nitrogens with one attached hydrogen (secondary N) is 1. The van der Waals surface area contributed by atoms with E-state index in [2.05, 4.69) is 30.6 Å². The van der Waals surface area contributed by atoms with E-state index >= 15 is 0 Å². The van der Waals surface area contributed by atoms with E-state index in [0.29, 0.717) is 4.47 Å². The van der Waals surface area contributed by atoms with Gasteiger partial charge in [-0.05, 0) is 15.9 Å². The molecule has 1 rings (SSSR count). The van der Waals surface area contributed by atoms with Gasteiger partial charge in [-0.1, -0.05) is 0 Å². The van der Waals surface area contributed by atoms with Crippen molar-refractivity contribution in [3.05, 3.63) is 16.9 Å². The van der Waals surface area contributed by atoms with Gasteiger partial charge in [0.1, 0.15) is 0 Å². The summed E-state index contributed by atoms with van der Waals surface area (Å²) in [7, 11) is -3.41. The molecule has 3 N–H and O–H groups in total. The summed E-state index contributed by atoms with van der Waals surface area (Å²) in [6.07, 6.45) is 2.90. The lowest BCUT2D eigenvalue weighted by Crippen LogP contribution is -2.23. The number of nitrogens with two attached hydrogens (primary N) is 1. The molecule has 0 amide bonds. The third-order valence-corrected chi connectivity index (χ3v) is 2.93. The van der Waals surface area contributed by atoms with Crippen molar-refractivity contribution < 1.29 is 8.42 Å². The van der Waals surface area contributed by atoms with E-state index < -0.39 is 10.0 Å². The average Bonchev–Trinajstić information content (AvgIpc) is 2.08. The minimum Gasteiger partial charge on any atom is -0.329 e. The Morgan fingerprint density at radius 1 is 1.43 bits per heavy atom. The van der Waals surface area contributed by atoms with Crippen molar-refractivity contribution in [1.82, 2.24) is 9.97 Å². The standard InChI is InChI=1S/C6H9BrN4O2S/c7-5-3-9-6(10-4-5)11-14(12,13)2-1-8/h3-4H,1-2,8H2,(H,9,10,11). The van der Waals surface area contributed by atoms with Gasteiger partial charge in [0.25, 0.3) is 0 Å². The molecule has 0 aliphatic rings. The SMILES string of the molecule is NCCS(=O)(=O)Nc1ncc(Br)cn1. The normalized spacial score (nSPS) is 11.3. The molecule has 0 atom stereocenters. The van der Waals surface area contributed by atoms with Gasteiger partial charge in [-0.25, -0.2) is 18.4 Å². The summed E-state index contributed by atoms with van der Waals surface area (Å²) >= 11 is 3.13. The maximum atomic E-state index is 11.2. The summed E-state index contributed by atoms with van der Waals surface area (Å²) in [5.41, 5.74) is 5.12. The van der Waals surface area contributed by atoms with Crippen LogP contribution >= 0.6 is 15.9 Å². The highest BCUT2D eigenvalue weighted by Crippen LogP contribution is 2.07. The van der Waals surface area contributed by atoms with Crippen molar-refractivity contribution >= 4 is 31.9 Å². The van der Waals surface area contributed by atoms with Gasteiger partial charge in [0.2, 0.25) is 16.0 Å². The monoisotopic (exact) mass is 280 g/mol. The van der Waals surface area contributed by atoms with Crippen LogP contribution in [0.5, 0.6) is 0 Å². The number of aromatic nitrogens is 2. The minimum absolute atomic E-state index is 0.0432. The molecule has 78 valence electrons. The molecule has 0 aliphatic carbocycles. The lowest BCUT2D eigenvalue weighted by atomic mass is 10.7. The van der Waals surface area contributed by atoms with E-state index in [0.717, 1.165) is 0 Å². The summed E-state index contributed by atoms with van der Waals surface area (Å²) in [6.45, 7) is 0.0614. The number of halogens is 1. The predicted molar refractivity (Wildman–Crippen MR) is 56.2 cm³/mol. The van der Waals surface area contributed by atoms with Crippen molar-refractivity contribution in [1.29, 1.82) is 0 Å². The van der Waals surface area contributed by atoms with Gasteiger partial charge >= 0.3 is 0 Å². The highest BCUT2D eigenvalue weighted by atomic mass is 79.9. The Bertz CT molecular complexity index is 391. The first-order valence-corrected chi connectivity index (χ1v) is 6.16. The van der Waals surface area contributed by atoms with Gasteiger partial charge in [-0.3, -0.25) is 4.72 Å². The van der Waals surface area contributed by atoms with E-state index in [1.807, 2.05) is 0 Å². The highest BCUT2D eigenvalue weighted by Gasteiger charge is 2.09. The fraction of sp³-hybridized carbons (Fsp3) is 0.333. The van der Waals surface area contributed by atoms with Crippen LogP contribution in [0, 0.1) is 0 Å². The summed E-state index contributed by atoms with van der Waals surface area (Å²) in [4.78, 5) is 7.51. The molecule has 0 saturated heterocycles. The molecule has 0 spiro atoms. The Morgan fingerprint density at radius 3 is 2.50 bits per heavy atom. The molecule has 0 aliphatic heterocycles. The average molecular weight is 281 g/mol. The van der Waals surface area contributed by atoms with Crippen molar-refractivity contribution in [2.75, 3.05) is 17.0 Å². The molecule has 0 fully saturated rings. The Hall–Kier alpha value is -0.730. The zero-order chi connectivity index (χ0) is 10.6. The van der Waals surface area contributed by atoms with E-state index in [1.54, 1.807) is 0 Å². The molecule has 1 heterocycles. The number of anilines is 1.